The zero-order valence-corrected chi connectivity index (χ0v) is 17.2. The quantitative estimate of drug-likeness (QED) is 0.489. The van der Waals surface area contributed by atoms with E-state index < -0.39 is 10.0 Å². The second-order valence-electron chi connectivity index (χ2n) is 6.63. The summed E-state index contributed by atoms with van der Waals surface area (Å²) >= 11 is 0. The van der Waals surface area contributed by atoms with Crippen molar-refractivity contribution in [1.82, 2.24) is 10.0 Å². The Morgan fingerprint density at radius 1 is 0.933 bits per heavy atom. The summed E-state index contributed by atoms with van der Waals surface area (Å²) in [4.78, 5) is 12.2. The predicted molar refractivity (Wildman–Crippen MR) is 112 cm³/mol. The van der Waals surface area contributed by atoms with Gasteiger partial charge in [-0.1, -0.05) is 42.5 Å². The average Bonchev–Trinajstić information content (AvgIpc) is 3.27. The number of carbonyl (C=O) groups is 1. The molecule has 3 aromatic rings. The Morgan fingerprint density at radius 3 is 2.50 bits per heavy atom. The van der Waals surface area contributed by atoms with Crippen LogP contribution >= 0.6 is 0 Å². The van der Waals surface area contributed by atoms with Gasteiger partial charge in [-0.2, -0.15) is 0 Å². The summed E-state index contributed by atoms with van der Waals surface area (Å²) in [7, 11) is -3.60. The number of rotatable bonds is 11. The van der Waals surface area contributed by atoms with E-state index in [-0.39, 0.29) is 23.8 Å². The zero-order chi connectivity index (χ0) is 21.2. The van der Waals surface area contributed by atoms with Gasteiger partial charge in [0.05, 0.1) is 17.8 Å². The first-order valence-electron chi connectivity index (χ1n) is 9.52. The minimum absolute atomic E-state index is 0.0315. The van der Waals surface area contributed by atoms with E-state index in [9.17, 15) is 13.2 Å². The van der Waals surface area contributed by atoms with Crippen molar-refractivity contribution in [1.29, 1.82) is 0 Å². The number of nitrogens with one attached hydrogen (secondary N) is 2. The second-order valence-corrected chi connectivity index (χ2v) is 8.40. The second kappa shape index (κ2) is 10.7. The number of hydrogen-bond donors (Lipinski definition) is 2. The lowest BCUT2D eigenvalue weighted by Crippen LogP contribution is -2.30. The van der Waals surface area contributed by atoms with Gasteiger partial charge in [0.15, 0.2) is 0 Å². The van der Waals surface area contributed by atoms with Gasteiger partial charge in [-0.05, 0) is 35.4 Å². The molecule has 0 aliphatic carbocycles. The number of carbonyl (C=O) groups excluding carboxylic acids is 1. The summed E-state index contributed by atoms with van der Waals surface area (Å²) < 4.78 is 37.5. The number of amides is 1. The maximum Gasteiger partial charge on any atom is 0.240 e. The van der Waals surface area contributed by atoms with Crippen LogP contribution in [0.4, 0.5) is 0 Å². The topological polar surface area (TPSA) is 97.6 Å². The fourth-order valence-corrected chi connectivity index (χ4v) is 3.82. The summed E-state index contributed by atoms with van der Waals surface area (Å²) in [5.41, 5.74) is 1.93. The lowest BCUT2D eigenvalue weighted by Gasteiger charge is -2.09. The fraction of sp³-hybridized carbons (Fsp3) is 0.227. The minimum atomic E-state index is -3.60. The Bertz CT molecular complexity index is 1030. The van der Waals surface area contributed by atoms with Crippen LogP contribution in [0.15, 0.2) is 82.3 Å². The molecule has 158 valence electrons. The molecule has 0 aliphatic heterocycles. The molecule has 3 rings (SSSR count). The van der Waals surface area contributed by atoms with Crippen LogP contribution in [0.2, 0.25) is 0 Å². The molecule has 1 heterocycles. The van der Waals surface area contributed by atoms with E-state index in [2.05, 4.69) is 10.0 Å². The molecule has 0 aliphatic rings. The molecule has 0 saturated heterocycles. The largest absolute Gasteiger partial charge is 0.467 e. The fourth-order valence-electron chi connectivity index (χ4n) is 2.76. The Morgan fingerprint density at radius 2 is 1.73 bits per heavy atom. The van der Waals surface area contributed by atoms with Gasteiger partial charge in [0.25, 0.3) is 0 Å². The van der Waals surface area contributed by atoms with E-state index in [0.29, 0.717) is 19.8 Å². The Hall–Kier alpha value is -2.94. The van der Waals surface area contributed by atoms with Crippen molar-refractivity contribution in [3.05, 3.63) is 89.9 Å². The van der Waals surface area contributed by atoms with Gasteiger partial charge in [-0.25, -0.2) is 13.1 Å². The third-order valence-corrected chi connectivity index (χ3v) is 5.75. The first-order chi connectivity index (χ1) is 14.5. The highest BCUT2D eigenvalue weighted by molar-refractivity contribution is 7.89. The molecule has 1 amide bonds. The summed E-state index contributed by atoms with van der Waals surface area (Å²) in [5.74, 6) is 0.534. The third-order valence-electron chi connectivity index (χ3n) is 4.27. The van der Waals surface area contributed by atoms with Gasteiger partial charge in [-0.3, -0.25) is 4.79 Å². The smallest absolute Gasteiger partial charge is 0.240 e. The van der Waals surface area contributed by atoms with Gasteiger partial charge in [0, 0.05) is 19.5 Å². The number of sulfonamides is 1. The lowest BCUT2D eigenvalue weighted by atomic mass is 10.1. The van der Waals surface area contributed by atoms with Crippen molar-refractivity contribution in [2.45, 2.75) is 31.1 Å². The van der Waals surface area contributed by atoms with Crippen molar-refractivity contribution in [2.75, 3.05) is 6.54 Å². The first kappa shape index (κ1) is 21.8. The SMILES string of the molecule is O=C(CCNS(=O)(=O)c1ccccc1)NCc1cccc(COCc2ccco2)c1. The molecule has 2 N–H and O–H groups in total. The highest BCUT2D eigenvalue weighted by Gasteiger charge is 2.13. The summed E-state index contributed by atoms with van der Waals surface area (Å²) in [6, 6.07) is 19.4. The van der Waals surface area contributed by atoms with E-state index in [4.69, 9.17) is 9.15 Å². The van der Waals surface area contributed by atoms with Crippen molar-refractivity contribution < 1.29 is 22.4 Å². The molecule has 0 fully saturated rings. The molecule has 8 heteroatoms. The van der Waals surface area contributed by atoms with Crippen LogP contribution in [-0.2, 0) is 39.3 Å². The van der Waals surface area contributed by atoms with Crippen LogP contribution in [0.5, 0.6) is 0 Å². The van der Waals surface area contributed by atoms with Crippen molar-refractivity contribution in [3.8, 4) is 0 Å². The lowest BCUT2D eigenvalue weighted by molar-refractivity contribution is -0.121. The van der Waals surface area contributed by atoms with Gasteiger partial charge < -0.3 is 14.5 Å². The van der Waals surface area contributed by atoms with Gasteiger partial charge in [0.2, 0.25) is 15.9 Å². The molecule has 7 nitrogen and oxygen atoms in total. The molecule has 0 bridgehead atoms. The molecule has 30 heavy (non-hydrogen) atoms. The standard InChI is InChI=1S/C22H24N2O5S/c25-22(11-12-24-30(26,27)21-9-2-1-3-10-21)23-15-18-6-4-7-19(14-18)16-28-17-20-8-5-13-29-20/h1-10,13-14,24H,11-12,15-17H2,(H,23,25). The summed E-state index contributed by atoms with van der Waals surface area (Å²) in [6.45, 7) is 1.22. The van der Waals surface area contributed by atoms with Gasteiger partial charge in [0.1, 0.15) is 12.4 Å². The van der Waals surface area contributed by atoms with Crippen LogP contribution in [0.3, 0.4) is 0 Å². The summed E-state index contributed by atoms with van der Waals surface area (Å²) in [6.07, 6.45) is 1.66. The van der Waals surface area contributed by atoms with E-state index >= 15 is 0 Å². The highest BCUT2D eigenvalue weighted by Crippen LogP contribution is 2.10. The molecule has 0 unspecified atom stereocenters. The first-order valence-corrected chi connectivity index (χ1v) is 11.0. The molecule has 2 aromatic carbocycles. The third kappa shape index (κ3) is 6.84. The van der Waals surface area contributed by atoms with Crippen LogP contribution in [-0.4, -0.2) is 20.9 Å². The van der Waals surface area contributed by atoms with E-state index in [0.717, 1.165) is 16.9 Å². The van der Waals surface area contributed by atoms with Crippen LogP contribution in [0, 0.1) is 0 Å². The van der Waals surface area contributed by atoms with E-state index in [1.807, 2.05) is 36.4 Å². The zero-order valence-electron chi connectivity index (χ0n) is 16.4. The average molecular weight is 429 g/mol. The van der Waals surface area contributed by atoms with Gasteiger partial charge in [-0.15, -0.1) is 0 Å². The number of furan rings is 1. The Labute approximate surface area is 176 Å². The number of hydrogen-bond acceptors (Lipinski definition) is 5. The number of benzene rings is 2. The maximum absolute atomic E-state index is 12.1. The molecular weight excluding hydrogens is 404 g/mol. The molecule has 1 aromatic heterocycles. The van der Waals surface area contributed by atoms with Crippen LogP contribution in [0.25, 0.3) is 0 Å². The van der Waals surface area contributed by atoms with E-state index in [1.54, 1.807) is 24.5 Å². The monoisotopic (exact) mass is 428 g/mol. The molecule has 0 radical (unpaired) electrons. The van der Waals surface area contributed by atoms with Crippen molar-refractivity contribution in [2.24, 2.45) is 0 Å². The van der Waals surface area contributed by atoms with Crippen molar-refractivity contribution >= 4 is 15.9 Å². The number of ether oxygens (including phenoxy) is 1. The van der Waals surface area contributed by atoms with E-state index in [1.165, 1.54) is 12.1 Å². The maximum atomic E-state index is 12.1. The normalized spacial score (nSPS) is 11.3. The molecule has 0 spiro atoms. The molecule has 0 atom stereocenters. The van der Waals surface area contributed by atoms with Crippen molar-refractivity contribution in [3.63, 3.8) is 0 Å². The minimum Gasteiger partial charge on any atom is -0.467 e. The van der Waals surface area contributed by atoms with Gasteiger partial charge >= 0.3 is 0 Å². The molecular formula is C22H24N2O5S. The van der Waals surface area contributed by atoms with Crippen LogP contribution in [0.1, 0.15) is 23.3 Å². The molecule has 0 saturated carbocycles. The Balaban J connectivity index is 1.39. The summed E-state index contributed by atoms with van der Waals surface area (Å²) in [5, 5.41) is 2.80. The predicted octanol–water partition coefficient (Wildman–Crippen LogP) is 2.98. The highest BCUT2D eigenvalue weighted by atomic mass is 32.2. The Kier molecular flexibility index (Phi) is 7.78. The van der Waals surface area contributed by atoms with Crippen LogP contribution < -0.4 is 10.0 Å².